The van der Waals surface area contributed by atoms with E-state index in [9.17, 15) is 10.1 Å². The fourth-order valence-corrected chi connectivity index (χ4v) is 4.51. The molecule has 2 aliphatic rings. The molecule has 7 nitrogen and oxygen atoms in total. The molecule has 0 spiro atoms. The number of nitriles is 1. The van der Waals surface area contributed by atoms with Crippen molar-refractivity contribution >= 4 is 5.65 Å². The van der Waals surface area contributed by atoms with Gasteiger partial charge in [-0.2, -0.15) is 20.0 Å². The Labute approximate surface area is 163 Å². The second kappa shape index (κ2) is 6.33. The van der Waals surface area contributed by atoms with Crippen LogP contribution in [0.15, 0.2) is 17.1 Å². The van der Waals surface area contributed by atoms with E-state index in [1.807, 2.05) is 13.8 Å². The van der Waals surface area contributed by atoms with Gasteiger partial charge in [-0.05, 0) is 37.7 Å². The first-order valence-electron chi connectivity index (χ1n) is 10.2. The molecule has 2 fully saturated rings. The molecule has 3 aromatic rings. The third kappa shape index (κ3) is 2.59. The Morgan fingerprint density at radius 3 is 2.64 bits per heavy atom. The molecule has 0 amide bonds. The standard InChI is InChI=1S/C21H24N6O/c1-12(2)18-19(24-20-14(10-22)11-23-27(20)21(18)28)16-9-17(13-7-8-13)26(25-16)15-5-3-4-6-15/h9,11-13,15,24H,3-8H2,1-2H3. The number of aromatic amines is 1. The molecule has 2 aliphatic carbocycles. The smallest absolute Gasteiger partial charge is 0.278 e. The molecular formula is C21H24N6O. The van der Waals surface area contributed by atoms with Crippen molar-refractivity contribution in [2.24, 2.45) is 0 Å². The predicted molar refractivity (Wildman–Crippen MR) is 105 cm³/mol. The normalized spacial score (nSPS) is 17.6. The van der Waals surface area contributed by atoms with Crippen LogP contribution < -0.4 is 5.56 Å². The minimum absolute atomic E-state index is 0.0129. The molecule has 0 saturated heterocycles. The van der Waals surface area contributed by atoms with Gasteiger partial charge in [0.05, 0.1) is 17.9 Å². The van der Waals surface area contributed by atoms with Gasteiger partial charge in [0.25, 0.3) is 5.56 Å². The third-order valence-electron chi connectivity index (χ3n) is 6.09. The van der Waals surface area contributed by atoms with Crippen LogP contribution in [0.4, 0.5) is 0 Å². The Morgan fingerprint density at radius 2 is 2.00 bits per heavy atom. The van der Waals surface area contributed by atoms with Crippen molar-refractivity contribution in [1.82, 2.24) is 24.4 Å². The SMILES string of the molecule is CC(C)c1c(-c2cc(C3CC3)n(C3CCCC3)n2)[nH]c2c(C#N)cnn2c1=O. The molecule has 0 aliphatic heterocycles. The zero-order valence-corrected chi connectivity index (χ0v) is 16.3. The van der Waals surface area contributed by atoms with Gasteiger partial charge < -0.3 is 4.98 Å². The average molecular weight is 376 g/mol. The molecule has 3 heterocycles. The number of H-pyrrole nitrogens is 1. The summed E-state index contributed by atoms with van der Waals surface area (Å²) in [6.45, 7) is 4.01. The zero-order valence-electron chi connectivity index (χ0n) is 16.3. The minimum atomic E-state index is -0.177. The molecule has 3 aromatic heterocycles. The fraction of sp³-hybridized carbons (Fsp3) is 0.524. The van der Waals surface area contributed by atoms with E-state index in [4.69, 9.17) is 5.10 Å². The Bertz CT molecular complexity index is 1150. The number of fused-ring (bicyclic) bond motifs is 1. The molecule has 28 heavy (non-hydrogen) atoms. The van der Waals surface area contributed by atoms with E-state index in [2.05, 4.69) is 26.9 Å². The highest BCUT2D eigenvalue weighted by Gasteiger charge is 2.32. The summed E-state index contributed by atoms with van der Waals surface area (Å²) in [6, 6.07) is 4.74. The van der Waals surface area contributed by atoms with Gasteiger partial charge in [0.15, 0.2) is 5.65 Å². The van der Waals surface area contributed by atoms with Crippen LogP contribution in [0.3, 0.4) is 0 Å². The van der Waals surface area contributed by atoms with Crippen LogP contribution in [-0.4, -0.2) is 24.4 Å². The van der Waals surface area contributed by atoms with Gasteiger partial charge in [0.1, 0.15) is 17.3 Å². The molecule has 7 heteroatoms. The summed E-state index contributed by atoms with van der Waals surface area (Å²) in [7, 11) is 0. The lowest BCUT2D eigenvalue weighted by Crippen LogP contribution is -2.22. The summed E-state index contributed by atoms with van der Waals surface area (Å²) in [5, 5.41) is 18.5. The first-order valence-corrected chi connectivity index (χ1v) is 10.2. The van der Waals surface area contributed by atoms with Gasteiger partial charge >= 0.3 is 0 Å². The zero-order chi connectivity index (χ0) is 19.4. The van der Waals surface area contributed by atoms with Crippen LogP contribution in [0.25, 0.3) is 17.0 Å². The Morgan fingerprint density at radius 1 is 1.25 bits per heavy atom. The molecule has 2 saturated carbocycles. The molecule has 144 valence electrons. The van der Waals surface area contributed by atoms with E-state index >= 15 is 0 Å². The summed E-state index contributed by atoms with van der Waals surface area (Å²) >= 11 is 0. The maximum absolute atomic E-state index is 13.1. The minimum Gasteiger partial charge on any atom is -0.337 e. The number of aromatic nitrogens is 5. The predicted octanol–water partition coefficient (Wildman–Crippen LogP) is 3.87. The van der Waals surface area contributed by atoms with E-state index in [0.717, 1.165) is 11.4 Å². The highest BCUT2D eigenvalue weighted by molar-refractivity contribution is 5.66. The van der Waals surface area contributed by atoms with E-state index in [1.54, 1.807) is 0 Å². The van der Waals surface area contributed by atoms with E-state index < -0.39 is 0 Å². The van der Waals surface area contributed by atoms with Crippen molar-refractivity contribution < 1.29 is 0 Å². The highest BCUT2D eigenvalue weighted by atomic mass is 16.1. The quantitative estimate of drug-likeness (QED) is 0.748. The molecule has 5 rings (SSSR count). The molecule has 1 N–H and O–H groups in total. The lowest BCUT2D eigenvalue weighted by Gasteiger charge is -2.14. The molecule has 0 unspecified atom stereocenters. The fourth-order valence-electron chi connectivity index (χ4n) is 4.51. The maximum atomic E-state index is 13.1. The third-order valence-corrected chi connectivity index (χ3v) is 6.09. The van der Waals surface area contributed by atoms with Crippen LogP contribution in [0, 0.1) is 11.3 Å². The Kier molecular flexibility index (Phi) is 3.90. The number of nitrogens with zero attached hydrogens (tertiary/aromatic N) is 5. The molecular weight excluding hydrogens is 352 g/mol. The summed E-state index contributed by atoms with van der Waals surface area (Å²) < 4.78 is 3.53. The van der Waals surface area contributed by atoms with Gasteiger partial charge in [-0.25, -0.2) is 0 Å². The summed E-state index contributed by atoms with van der Waals surface area (Å²) in [6.07, 6.45) is 8.73. The second-order valence-electron chi connectivity index (χ2n) is 8.42. The van der Waals surface area contributed by atoms with Crippen LogP contribution in [0.2, 0.25) is 0 Å². The molecule has 0 atom stereocenters. The van der Waals surface area contributed by atoms with Crippen molar-refractivity contribution in [2.45, 2.75) is 70.3 Å². The van der Waals surface area contributed by atoms with E-state index in [1.165, 1.54) is 54.9 Å². The monoisotopic (exact) mass is 376 g/mol. The largest absolute Gasteiger partial charge is 0.337 e. The van der Waals surface area contributed by atoms with Crippen molar-refractivity contribution in [3.05, 3.63) is 39.4 Å². The molecule has 0 radical (unpaired) electrons. The number of hydrogen-bond donors (Lipinski definition) is 1. The Balaban J connectivity index is 1.74. The van der Waals surface area contributed by atoms with Crippen LogP contribution in [0.5, 0.6) is 0 Å². The maximum Gasteiger partial charge on any atom is 0.278 e. The molecule has 0 aromatic carbocycles. The van der Waals surface area contributed by atoms with Gasteiger partial charge in [0.2, 0.25) is 0 Å². The Hall–Kier alpha value is -2.88. The molecule has 0 bridgehead atoms. The number of hydrogen-bond acceptors (Lipinski definition) is 4. The second-order valence-corrected chi connectivity index (χ2v) is 8.42. The first kappa shape index (κ1) is 17.2. The van der Waals surface area contributed by atoms with Gasteiger partial charge in [0, 0.05) is 17.2 Å². The highest BCUT2D eigenvalue weighted by Crippen LogP contribution is 2.44. The van der Waals surface area contributed by atoms with Crippen LogP contribution in [-0.2, 0) is 0 Å². The average Bonchev–Trinajstić information content (AvgIpc) is 3.11. The lowest BCUT2D eigenvalue weighted by atomic mass is 10.0. The lowest BCUT2D eigenvalue weighted by molar-refractivity contribution is 0.451. The van der Waals surface area contributed by atoms with Crippen molar-refractivity contribution in [3.8, 4) is 17.5 Å². The first-order chi connectivity index (χ1) is 13.6. The summed E-state index contributed by atoms with van der Waals surface area (Å²) in [5.41, 5.74) is 4.13. The summed E-state index contributed by atoms with van der Waals surface area (Å²) in [4.78, 5) is 16.4. The van der Waals surface area contributed by atoms with E-state index in [0.29, 0.717) is 28.7 Å². The topological polar surface area (TPSA) is 91.8 Å². The van der Waals surface area contributed by atoms with Gasteiger partial charge in [-0.15, -0.1) is 0 Å². The van der Waals surface area contributed by atoms with Crippen molar-refractivity contribution in [1.29, 1.82) is 5.26 Å². The van der Waals surface area contributed by atoms with Crippen molar-refractivity contribution in [2.75, 3.05) is 0 Å². The van der Waals surface area contributed by atoms with Crippen LogP contribution >= 0.6 is 0 Å². The summed E-state index contributed by atoms with van der Waals surface area (Å²) in [5.74, 6) is 0.600. The van der Waals surface area contributed by atoms with Crippen molar-refractivity contribution in [3.63, 3.8) is 0 Å². The number of nitrogens with one attached hydrogen (secondary N) is 1. The van der Waals surface area contributed by atoms with Crippen LogP contribution in [0.1, 0.15) is 87.1 Å². The van der Waals surface area contributed by atoms with E-state index in [-0.39, 0.29) is 11.5 Å². The van der Waals surface area contributed by atoms with Gasteiger partial charge in [-0.3, -0.25) is 9.48 Å². The van der Waals surface area contributed by atoms with Gasteiger partial charge in [-0.1, -0.05) is 26.7 Å². The number of rotatable bonds is 4.